The van der Waals surface area contributed by atoms with Gasteiger partial charge in [0.15, 0.2) is 0 Å². The van der Waals surface area contributed by atoms with Crippen LogP contribution in [0.3, 0.4) is 0 Å². The molecular weight excluding hydrogens is 196 g/mol. The number of carbonyl (C=O) groups excluding carboxylic acids is 2. The first-order valence-electron chi connectivity index (χ1n) is 5.08. The number of nitrogens with one attached hydrogen (secondary N) is 2. The zero-order valence-corrected chi connectivity index (χ0v) is 9.79. The molecule has 0 saturated heterocycles. The van der Waals surface area contributed by atoms with Crippen molar-refractivity contribution in [1.29, 1.82) is 0 Å². The first kappa shape index (κ1) is 13.9. The van der Waals surface area contributed by atoms with Crippen molar-refractivity contribution in [3.63, 3.8) is 0 Å². The maximum absolute atomic E-state index is 11.3. The topological polar surface area (TPSA) is 67.4 Å². The number of esters is 1. The van der Waals surface area contributed by atoms with Gasteiger partial charge in [-0.15, -0.1) is 0 Å². The Morgan fingerprint density at radius 2 is 1.87 bits per heavy atom. The zero-order chi connectivity index (χ0) is 11.8. The van der Waals surface area contributed by atoms with Crippen LogP contribution in [0.15, 0.2) is 0 Å². The minimum absolute atomic E-state index is 0.152. The molecule has 0 heterocycles. The molecule has 5 heteroatoms. The van der Waals surface area contributed by atoms with E-state index in [0.29, 0.717) is 19.0 Å². The van der Waals surface area contributed by atoms with Crippen LogP contribution in [0.25, 0.3) is 0 Å². The molecule has 0 aromatic heterocycles. The van der Waals surface area contributed by atoms with Gasteiger partial charge in [0.05, 0.1) is 7.11 Å². The Morgan fingerprint density at radius 1 is 1.27 bits per heavy atom. The van der Waals surface area contributed by atoms with Gasteiger partial charge in [0.1, 0.15) is 6.04 Å². The Morgan fingerprint density at radius 3 is 2.33 bits per heavy atom. The molecule has 0 bridgehead atoms. The van der Waals surface area contributed by atoms with E-state index in [2.05, 4.69) is 15.4 Å². The SMILES string of the molecule is COC(=O)C(C)NC(=O)CCNC(C)C. The van der Waals surface area contributed by atoms with Gasteiger partial charge < -0.3 is 15.4 Å². The fourth-order valence-corrected chi connectivity index (χ4v) is 1.02. The summed E-state index contributed by atoms with van der Waals surface area (Å²) >= 11 is 0. The predicted octanol–water partition coefficient (Wildman–Crippen LogP) is 0.0522. The Balaban J connectivity index is 3.69. The summed E-state index contributed by atoms with van der Waals surface area (Å²) < 4.78 is 4.49. The van der Waals surface area contributed by atoms with Gasteiger partial charge in [-0.05, 0) is 6.92 Å². The monoisotopic (exact) mass is 216 g/mol. The Hall–Kier alpha value is -1.10. The maximum Gasteiger partial charge on any atom is 0.328 e. The number of amides is 1. The molecule has 0 aliphatic rings. The largest absolute Gasteiger partial charge is 0.467 e. The van der Waals surface area contributed by atoms with Gasteiger partial charge in [-0.2, -0.15) is 0 Å². The van der Waals surface area contributed by atoms with Crippen molar-refractivity contribution in [2.45, 2.75) is 39.3 Å². The highest BCUT2D eigenvalue weighted by atomic mass is 16.5. The van der Waals surface area contributed by atoms with E-state index < -0.39 is 12.0 Å². The lowest BCUT2D eigenvalue weighted by Crippen LogP contribution is -2.40. The van der Waals surface area contributed by atoms with E-state index in [9.17, 15) is 9.59 Å². The Kier molecular flexibility index (Phi) is 6.70. The average Bonchev–Trinajstić information content (AvgIpc) is 2.15. The van der Waals surface area contributed by atoms with Crippen LogP contribution < -0.4 is 10.6 Å². The number of ether oxygens (including phenoxy) is 1. The second-order valence-corrected chi connectivity index (χ2v) is 3.67. The number of methoxy groups -OCH3 is 1. The number of hydrogen-bond donors (Lipinski definition) is 2. The number of rotatable bonds is 6. The summed E-state index contributed by atoms with van der Waals surface area (Å²) in [4.78, 5) is 22.3. The van der Waals surface area contributed by atoms with E-state index in [1.807, 2.05) is 13.8 Å². The van der Waals surface area contributed by atoms with E-state index in [0.717, 1.165) is 0 Å². The van der Waals surface area contributed by atoms with Crippen LogP contribution in [0, 0.1) is 0 Å². The average molecular weight is 216 g/mol. The molecule has 1 unspecified atom stereocenters. The van der Waals surface area contributed by atoms with E-state index in [1.165, 1.54) is 7.11 Å². The quantitative estimate of drug-likeness (QED) is 0.616. The third kappa shape index (κ3) is 6.90. The molecular formula is C10H20N2O3. The van der Waals surface area contributed by atoms with Gasteiger partial charge in [-0.1, -0.05) is 13.8 Å². The zero-order valence-electron chi connectivity index (χ0n) is 9.79. The van der Waals surface area contributed by atoms with Crippen LogP contribution in [-0.4, -0.2) is 37.6 Å². The normalized spacial score (nSPS) is 12.3. The second kappa shape index (κ2) is 7.23. The van der Waals surface area contributed by atoms with Crippen molar-refractivity contribution in [1.82, 2.24) is 10.6 Å². The van der Waals surface area contributed by atoms with E-state index in [-0.39, 0.29) is 5.91 Å². The first-order chi connectivity index (χ1) is 6.97. The smallest absolute Gasteiger partial charge is 0.328 e. The molecule has 0 saturated carbocycles. The van der Waals surface area contributed by atoms with Gasteiger partial charge in [0, 0.05) is 19.0 Å². The molecule has 0 aromatic rings. The molecule has 1 atom stereocenters. The van der Waals surface area contributed by atoms with Crippen LogP contribution in [-0.2, 0) is 14.3 Å². The second-order valence-electron chi connectivity index (χ2n) is 3.67. The van der Waals surface area contributed by atoms with Crippen molar-refractivity contribution in [2.24, 2.45) is 0 Å². The number of carbonyl (C=O) groups is 2. The molecule has 0 rings (SSSR count). The summed E-state index contributed by atoms with van der Waals surface area (Å²) in [5.41, 5.74) is 0. The van der Waals surface area contributed by atoms with E-state index in [1.54, 1.807) is 6.92 Å². The minimum Gasteiger partial charge on any atom is -0.467 e. The summed E-state index contributed by atoms with van der Waals surface area (Å²) in [5, 5.41) is 5.67. The van der Waals surface area contributed by atoms with Crippen LogP contribution >= 0.6 is 0 Å². The Labute approximate surface area is 90.6 Å². The first-order valence-corrected chi connectivity index (χ1v) is 5.08. The molecule has 2 N–H and O–H groups in total. The third-order valence-electron chi connectivity index (χ3n) is 1.84. The van der Waals surface area contributed by atoms with Crippen molar-refractivity contribution >= 4 is 11.9 Å². The van der Waals surface area contributed by atoms with Crippen LogP contribution in [0.4, 0.5) is 0 Å². The van der Waals surface area contributed by atoms with Crippen molar-refractivity contribution < 1.29 is 14.3 Å². The highest BCUT2D eigenvalue weighted by Gasteiger charge is 2.15. The highest BCUT2D eigenvalue weighted by Crippen LogP contribution is 1.88. The highest BCUT2D eigenvalue weighted by molar-refractivity contribution is 5.84. The molecule has 5 nitrogen and oxygen atoms in total. The molecule has 1 amide bonds. The summed E-state index contributed by atoms with van der Waals surface area (Å²) in [6.07, 6.45) is 0.361. The molecule has 0 aliphatic carbocycles. The van der Waals surface area contributed by atoms with Gasteiger partial charge in [-0.3, -0.25) is 4.79 Å². The number of hydrogen-bond acceptors (Lipinski definition) is 4. The molecule has 0 aliphatic heterocycles. The van der Waals surface area contributed by atoms with Gasteiger partial charge >= 0.3 is 5.97 Å². The minimum atomic E-state index is -0.582. The van der Waals surface area contributed by atoms with E-state index in [4.69, 9.17) is 0 Å². The van der Waals surface area contributed by atoms with Crippen molar-refractivity contribution in [2.75, 3.05) is 13.7 Å². The predicted molar refractivity (Wildman–Crippen MR) is 57.4 cm³/mol. The van der Waals surface area contributed by atoms with Crippen LogP contribution in [0.2, 0.25) is 0 Å². The van der Waals surface area contributed by atoms with Crippen LogP contribution in [0.1, 0.15) is 27.2 Å². The summed E-state index contributed by atoms with van der Waals surface area (Å²) in [6, 6.07) is -0.225. The standard InChI is InChI=1S/C10H20N2O3/c1-7(2)11-6-5-9(13)12-8(3)10(14)15-4/h7-8,11H,5-6H2,1-4H3,(H,12,13). The fourth-order valence-electron chi connectivity index (χ4n) is 1.02. The van der Waals surface area contributed by atoms with E-state index >= 15 is 0 Å². The molecule has 0 spiro atoms. The lowest BCUT2D eigenvalue weighted by molar-refractivity contribution is -0.144. The van der Waals surface area contributed by atoms with Gasteiger partial charge in [0.25, 0.3) is 0 Å². The molecule has 0 aromatic carbocycles. The third-order valence-corrected chi connectivity index (χ3v) is 1.84. The lowest BCUT2D eigenvalue weighted by Gasteiger charge is -2.12. The summed E-state index contributed by atoms with van der Waals surface area (Å²) in [5.74, 6) is -0.582. The van der Waals surface area contributed by atoms with Crippen LogP contribution in [0.5, 0.6) is 0 Å². The van der Waals surface area contributed by atoms with Gasteiger partial charge in [-0.25, -0.2) is 4.79 Å². The fraction of sp³-hybridized carbons (Fsp3) is 0.800. The summed E-state index contributed by atoms with van der Waals surface area (Å²) in [7, 11) is 1.30. The molecule has 88 valence electrons. The molecule has 15 heavy (non-hydrogen) atoms. The maximum atomic E-state index is 11.3. The van der Waals surface area contributed by atoms with Crippen molar-refractivity contribution in [3.8, 4) is 0 Å². The van der Waals surface area contributed by atoms with Crippen molar-refractivity contribution in [3.05, 3.63) is 0 Å². The van der Waals surface area contributed by atoms with Gasteiger partial charge in [0.2, 0.25) is 5.91 Å². The lowest BCUT2D eigenvalue weighted by atomic mass is 10.3. The molecule has 0 radical (unpaired) electrons. The molecule has 0 fully saturated rings. The Bertz CT molecular complexity index is 217. The summed E-state index contributed by atoms with van der Waals surface area (Å²) in [6.45, 7) is 6.22.